The van der Waals surface area contributed by atoms with Gasteiger partial charge in [-0.15, -0.1) is 11.8 Å². The zero-order valence-corrected chi connectivity index (χ0v) is 12.1. The maximum absolute atomic E-state index is 12.5. The zero-order valence-electron chi connectivity index (χ0n) is 10.5. The third-order valence-electron chi connectivity index (χ3n) is 4.73. The summed E-state index contributed by atoms with van der Waals surface area (Å²) in [6.07, 6.45) is 6.44. The Kier molecular flexibility index (Phi) is 2.55. The van der Waals surface area contributed by atoms with Crippen molar-refractivity contribution in [1.82, 2.24) is 0 Å². The van der Waals surface area contributed by atoms with E-state index in [9.17, 15) is 13.2 Å². The van der Waals surface area contributed by atoms with E-state index in [2.05, 4.69) is 6.08 Å². The number of hydrogen-bond acceptors (Lipinski definition) is 5. The third-order valence-corrected chi connectivity index (χ3v) is 6.77. The predicted octanol–water partition coefficient (Wildman–Crippen LogP) is 1.08. The molecule has 3 aliphatic rings. The van der Waals surface area contributed by atoms with Crippen molar-refractivity contribution >= 4 is 27.7 Å². The van der Waals surface area contributed by atoms with Gasteiger partial charge in [0.05, 0.1) is 6.26 Å². The number of ketones is 1. The molecule has 3 aliphatic carbocycles. The van der Waals surface area contributed by atoms with E-state index < -0.39 is 21.0 Å². The second-order valence-corrected chi connectivity index (χ2v) is 8.12. The van der Waals surface area contributed by atoms with Gasteiger partial charge in [-0.2, -0.15) is 8.42 Å². The van der Waals surface area contributed by atoms with E-state index >= 15 is 0 Å². The minimum Gasteiger partial charge on any atom is -0.297 e. The minimum absolute atomic E-state index is 0.00896. The second-order valence-electron chi connectivity index (χ2n) is 5.44. The maximum Gasteiger partial charge on any atom is 0.264 e. The Balaban J connectivity index is 2.09. The van der Waals surface area contributed by atoms with Crippen molar-refractivity contribution in [3.8, 4) is 0 Å². The molecule has 6 heteroatoms. The van der Waals surface area contributed by atoms with Crippen LogP contribution in [-0.4, -0.2) is 37.6 Å². The Morgan fingerprint density at radius 2 is 2.06 bits per heavy atom. The van der Waals surface area contributed by atoms with Crippen LogP contribution in [0.15, 0.2) is 12.2 Å². The van der Waals surface area contributed by atoms with Crippen LogP contribution >= 0.6 is 11.8 Å². The number of Topliss-reactive ketones (excluding diaryl/α,β-unsaturated/α-hetero) is 1. The molecule has 0 aromatic rings. The molecule has 0 spiro atoms. The van der Waals surface area contributed by atoms with Crippen LogP contribution in [0.5, 0.6) is 0 Å². The predicted molar refractivity (Wildman–Crippen MR) is 69.7 cm³/mol. The fourth-order valence-electron chi connectivity index (χ4n) is 4.08. The van der Waals surface area contributed by atoms with Gasteiger partial charge in [0.1, 0.15) is 10.9 Å². The molecule has 0 aliphatic heterocycles. The monoisotopic (exact) mass is 288 g/mol. The molecule has 2 saturated carbocycles. The quantitative estimate of drug-likeness (QED) is 0.574. The highest BCUT2D eigenvalue weighted by Gasteiger charge is 2.73. The molecule has 18 heavy (non-hydrogen) atoms. The van der Waals surface area contributed by atoms with Gasteiger partial charge in [-0.1, -0.05) is 19.1 Å². The molecule has 0 aromatic carbocycles. The lowest BCUT2D eigenvalue weighted by molar-refractivity contribution is -0.124. The highest BCUT2D eigenvalue weighted by atomic mass is 32.2. The SMILES string of the molecule is CS[C@@]12C(=O)[C@@H]3C=C[C@@H]([C@@H]3[C@@H]1OS(C)(=O)=O)[C@@H]2C. The summed E-state index contributed by atoms with van der Waals surface area (Å²) in [6.45, 7) is 2.03. The van der Waals surface area contributed by atoms with Crippen molar-refractivity contribution < 1.29 is 17.4 Å². The average molecular weight is 288 g/mol. The number of carbonyl (C=O) groups is 1. The molecule has 0 amide bonds. The number of hydrogen-bond donors (Lipinski definition) is 0. The average Bonchev–Trinajstić information content (AvgIpc) is 2.81. The second kappa shape index (κ2) is 3.61. The fourth-order valence-corrected chi connectivity index (χ4v) is 6.10. The standard InChI is InChI=1S/C12H16O4S2/c1-6-7-4-5-8-9(7)11(16-18(3,14)15)12(6,17-2)10(8)13/h4-9,11H,1-3H3/t6-,7+,8+,9-,11-,12-/m0/s1. The highest BCUT2D eigenvalue weighted by Crippen LogP contribution is 2.65. The molecule has 0 unspecified atom stereocenters. The Labute approximate surface area is 111 Å². The van der Waals surface area contributed by atoms with Crippen molar-refractivity contribution in [2.75, 3.05) is 12.5 Å². The maximum atomic E-state index is 12.5. The normalized spacial score (nSPS) is 49.3. The van der Waals surface area contributed by atoms with E-state index in [0.29, 0.717) is 0 Å². The first-order chi connectivity index (χ1) is 8.33. The molecule has 3 rings (SSSR count). The van der Waals surface area contributed by atoms with Gasteiger partial charge >= 0.3 is 0 Å². The largest absolute Gasteiger partial charge is 0.297 e. The van der Waals surface area contributed by atoms with Crippen molar-refractivity contribution in [1.29, 1.82) is 0 Å². The lowest BCUT2D eigenvalue weighted by atomic mass is 9.79. The minimum atomic E-state index is -3.54. The molecule has 2 fully saturated rings. The summed E-state index contributed by atoms with van der Waals surface area (Å²) in [5.41, 5.74) is 0. The molecular formula is C12H16O4S2. The van der Waals surface area contributed by atoms with Gasteiger partial charge in [-0.05, 0) is 18.1 Å². The van der Waals surface area contributed by atoms with E-state index in [1.807, 2.05) is 19.3 Å². The van der Waals surface area contributed by atoms with E-state index in [1.165, 1.54) is 11.8 Å². The molecule has 4 nitrogen and oxygen atoms in total. The van der Waals surface area contributed by atoms with Gasteiger partial charge in [0.15, 0.2) is 5.78 Å². The molecular weight excluding hydrogens is 272 g/mol. The molecule has 0 heterocycles. The Morgan fingerprint density at radius 3 is 2.61 bits per heavy atom. The molecule has 100 valence electrons. The lowest BCUT2D eigenvalue weighted by Gasteiger charge is -2.33. The van der Waals surface area contributed by atoms with Crippen molar-refractivity contribution in [2.24, 2.45) is 23.7 Å². The van der Waals surface area contributed by atoms with E-state index in [4.69, 9.17) is 4.18 Å². The van der Waals surface area contributed by atoms with Crippen LogP contribution in [0.25, 0.3) is 0 Å². The van der Waals surface area contributed by atoms with E-state index in [0.717, 1.165) is 6.26 Å². The first-order valence-electron chi connectivity index (χ1n) is 5.99. The van der Waals surface area contributed by atoms with Crippen molar-refractivity contribution in [2.45, 2.75) is 17.8 Å². The fraction of sp³-hybridized carbons (Fsp3) is 0.750. The van der Waals surface area contributed by atoms with Crippen molar-refractivity contribution in [3.05, 3.63) is 12.2 Å². The van der Waals surface area contributed by atoms with Crippen LogP contribution in [0.4, 0.5) is 0 Å². The van der Waals surface area contributed by atoms with Crippen LogP contribution in [0.3, 0.4) is 0 Å². The summed E-state index contributed by atoms with van der Waals surface area (Å²) in [4.78, 5) is 12.5. The first kappa shape index (κ1) is 12.7. The molecule has 0 aromatic heterocycles. The highest BCUT2D eigenvalue weighted by molar-refractivity contribution is 8.00. The molecule has 0 radical (unpaired) electrons. The zero-order chi connectivity index (χ0) is 13.3. The molecule has 2 bridgehead atoms. The number of fused-ring (bicyclic) bond motifs is 1. The van der Waals surface area contributed by atoms with Crippen LogP contribution < -0.4 is 0 Å². The Hall–Kier alpha value is -0.330. The summed E-state index contributed by atoms with van der Waals surface area (Å²) < 4.78 is 27.5. The van der Waals surface area contributed by atoms with Gasteiger partial charge in [-0.3, -0.25) is 8.98 Å². The lowest BCUT2D eigenvalue weighted by Crippen LogP contribution is -2.46. The van der Waals surface area contributed by atoms with Crippen LogP contribution in [0, 0.1) is 23.7 Å². The third kappa shape index (κ3) is 1.31. The van der Waals surface area contributed by atoms with E-state index in [1.54, 1.807) is 0 Å². The molecule has 6 atom stereocenters. The van der Waals surface area contributed by atoms with Crippen LogP contribution in [0.1, 0.15) is 6.92 Å². The smallest absolute Gasteiger partial charge is 0.264 e. The number of thioether (sulfide) groups is 1. The number of rotatable bonds is 3. The topological polar surface area (TPSA) is 60.4 Å². The summed E-state index contributed by atoms with van der Waals surface area (Å²) in [7, 11) is -3.54. The van der Waals surface area contributed by atoms with Gasteiger partial charge in [-0.25, -0.2) is 0 Å². The van der Waals surface area contributed by atoms with Gasteiger partial charge < -0.3 is 0 Å². The van der Waals surface area contributed by atoms with Crippen LogP contribution in [0.2, 0.25) is 0 Å². The number of carbonyl (C=O) groups excluding carboxylic acids is 1. The van der Waals surface area contributed by atoms with E-state index in [-0.39, 0.29) is 29.5 Å². The summed E-state index contributed by atoms with van der Waals surface area (Å²) in [5, 5.41) is 0. The van der Waals surface area contributed by atoms with Gasteiger partial charge in [0, 0.05) is 11.8 Å². The molecule has 0 N–H and O–H groups in total. The summed E-state index contributed by atoms with van der Waals surface area (Å²) >= 11 is 1.46. The Morgan fingerprint density at radius 1 is 1.39 bits per heavy atom. The van der Waals surface area contributed by atoms with Crippen LogP contribution in [-0.2, 0) is 19.1 Å². The van der Waals surface area contributed by atoms with Crippen molar-refractivity contribution in [3.63, 3.8) is 0 Å². The van der Waals surface area contributed by atoms with Gasteiger partial charge in [0.25, 0.3) is 10.1 Å². The first-order valence-corrected chi connectivity index (χ1v) is 9.03. The summed E-state index contributed by atoms with van der Waals surface area (Å²) in [5.74, 6) is 0.407. The number of allylic oxidation sites excluding steroid dienone is 2. The summed E-state index contributed by atoms with van der Waals surface area (Å²) in [6, 6.07) is 0. The Bertz CT molecular complexity index is 538. The van der Waals surface area contributed by atoms with Gasteiger partial charge in [0.2, 0.25) is 0 Å². The molecule has 0 saturated heterocycles.